The van der Waals surface area contributed by atoms with Crippen LogP contribution in [-0.2, 0) is 26.8 Å². The fourth-order valence-corrected chi connectivity index (χ4v) is 5.52. The van der Waals surface area contributed by atoms with Gasteiger partial charge < -0.3 is 19.6 Å². The number of hydrogen-bond donors (Lipinski definition) is 4. The molecule has 0 aromatic heterocycles. The van der Waals surface area contributed by atoms with E-state index in [-0.39, 0.29) is 0 Å². The Kier molecular flexibility index (Phi) is 15.1. The van der Waals surface area contributed by atoms with Gasteiger partial charge in [0.15, 0.2) is 0 Å². The summed E-state index contributed by atoms with van der Waals surface area (Å²) in [5.41, 5.74) is 4.84. The first kappa shape index (κ1) is 32.4. The van der Waals surface area contributed by atoms with Crippen LogP contribution in [0.2, 0.25) is 0 Å². The number of hydrogen-bond acceptors (Lipinski definition) is 6. The maximum Gasteiger partial charge on any atom is 0.490 e. The maximum absolute atomic E-state index is 11.6. The molecule has 0 aliphatic heterocycles. The third kappa shape index (κ3) is 20.5. The van der Waals surface area contributed by atoms with Crippen molar-refractivity contribution in [2.24, 2.45) is 0 Å². The Labute approximate surface area is 196 Å². The molecule has 0 spiro atoms. The van der Waals surface area contributed by atoms with Crippen molar-refractivity contribution in [3.05, 3.63) is 46.6 Å². The molecule has 10 nitrogen and oxygen atoms in total. The van der Waals surface area contributed by atoms with E-state index in [1.165, 1.54) is 22.8 Å². The van der Waals surface area contributed by atoms with Gasteiger partial charge in [-0.3, -0.25) is 4.52 Å². The third-order valence-corrected chi connectivity index (χ3v) is 8.04. The number of phosphoric ester groups is 1. The molecule has 0 amide bonds. The zero-order chi connectivity index (χ0) is 25.7. The molecule has 0 aromatic rings. The summed E-state index contributed by atoms with van der Waals surface area (Å²) in [6.07, 6.45) is 13.7. The van der Waals surface area contributed by atoms with Crippen LogP contribution in [0.15, 0.2) is 46.6 Å². The van der Waals surface area contributed by atoms with Crippen LogP contribution >= 0.6 is 23.5 Å². The van der Waals surface area contributed by atoms with Crippen LogP contribution in [0, 0.1) is 0 Å². The van der Waals surface area contributed by atoms with Gasteiger partial charge in [0.05, 0.1) is 6.61 Å². The van der Waals surface area contributed by atoms with Crippen LogP contribution in [0.5, 0.6) is 0 Å². The zero-order valence-electron chi connectivity index (χ0n) is 19.8. The second-order valence-electron chi connectivity index (χ2n) is 7.94. The van der Waals surface area contributed by atoms with E-state index in [1.807, 2.05) is 0 Å². The highest BCUT2D eigenvalue weighted by Crippen LogP contribution is 2.66. The molecule has 0 saturated carbocycles. The van der Waals surface area contributed by atoms with Crippen LogP contribution in [0.25, 0.3) is 0 Å². The Bertz CT molecular complexity index is 879. The number of allylic oxidation sites excluding steroid dienone is 7. The SMILES string of the molecule is CC(C)=CCC/C(C)=C/CC/C(C)=C/CC/C(C)=C/COP(=O)(O)OP(=O)(O)OP(=O)(O)O. The standard InChI is InChI=1S/C20H37O10P3/c1-17(2)9-6-10-18(3)11-7-12-19(4)13-8-14-20(5)15-16-28-32(24,25)30-33(26,27)29-31(21,22)23/h9,11,13,15H,6-8,10,12,14,16H2,1-5H3,(H,24,25)(H,26,27)(H2,21,22,23)/b18-11+,19-13+,20-15+. The summed E-state index contributed by atoms with van der Waals surface area (Å²) < 4.78 is 45.3. The highest BCUT2D eigenvalue weighted by Gasteiger charge is 2.40. The van der Waals surface area contributed by atoms with Gasteiger partial charge >= 0.3 is 23.5 Å². The highest BCUT2D eigenvalue weighted by molar-refractivity contribution is 7.66. The Morgan fingerprint density at radius 1 is 0.636 bits per heavy atom. The topological polar surface area (TPSA) is 160 Å². The van der Waals surface area contributed by atoms with Gasteiger partial charge in [-0.05, 0) is 73.1 Å². The van der Waals surface area contributed by atoms with E-state index in [9.17, 15) is 18.6 Å². The van der Waals surface area contributed by atoms with Gasteiger partial charge in [0.1, 0.15) is 0 Å². The molecule has 0 heterocycles. The van der Waals surface area contributed by atoms with Gasteiger partial charge in [-0.1, -0.05) is 46.6 Å². The van der Waals surface area contributed by atoms with Crippen molar-refractivity contribution in [2.45, 2.75) is 73.1 Å². The second-order valence-corrected chi connectivity index (χ2v) is 12.4. The van der Waals surface area contributed by atoms with Gasteiger partial charge in [0, 0.05) is 0 Å². The normalized spacial score (nSPS) is 17.4. The lowest BCUT2D eigenvalue weighted by Crippen LogP contribution is -1.97. The molecule has 2 atom stereocenters. The molecule has 2 unspecified atom stereocenters. The molecule has 0 fully saturated rings. The van der Waals surface area contributed by atoms with E-state index in [0.29, 0.717) is 6.42 Å². The highest BCUT2D eigenvalue weighted by atomic mass is 31.3. The lowest BCUT2D eigenvalue weighted by molar-refractivity contribution is 0.182. The van der Waals surface area contributed by atoms with Crippen molar-refractivity contribution in [3.63, 3.8) is 0 Å². The summed E-state index contributed by atoms with van der Waals surface area (Å²) in [6, 6.07) is 0. The van der Waals surface area contributed by atoms with Gasteiger partial charge in [0.2, 0.25) is 0 Å². The molecule has 0 aromatic carbocycles. The molecule has 0 aliphatic carbocycles. The minimum atomic E-state index is -5.49. The van der Waals surface area contributed by atoms with E-state index < -0.39 is 30.1 Å². The summed E-state index contributed by atoms with van der Waals surface area (Å²) >= 11 is 0. The molecule has 0 bridgehead atoms. The Hall–Kier alpha value is -0.630. The molecule has 33 heavy (non-hydrogen) atoms. The van der Waals surface area contributed by atoms with Gasteiger partial charge in [0.25, 0.3) is 0 Å². The number of rotatable bonds is 16. The van der Waals surface area contributed by atoms with Crippen LogP contribution in [-0.4, -0.2) is 26.2 Å². The summed E-state index contributed by atoms with van der Waals surface area (Å²) in [5, 5.41) is 0. The van der Waals surface area contributed by atoms with Gasteiger partial charge in [-0.15, -0.1) is 0 Å². The Morgan fingerprint density at radius 3 is 1.48 bits per heavy atom. The van der Waals surface area contributed by atoms with Crippen molar-refractivity contribution in [3.8, 4) is 0 Å². The first-order chi connectivity index (χ1) is 15.0. The average molecular weight is 530 g/mol. The molecule has 0 saturated heterocycles. The lowest BCUT2D eigenvalue weighted by atomic mass is 10.0. The van der Waals surface area contributed by atoms with Crippen molar-refractivity contribution < 1.29 is 46.4 Å². The smallest absolute Gasteiger partial charge is 0.302 e. The fraction of sp³-hybridized carbons (Fsp3) is 0.600. The minimum Gasteiger partial charge on any atom is -0.302 e. The molecule has 0 aliphatic rings. The maximum atomic E-state index is 11.6. The molecule has 192 valence electrons. The lowest BCUT2D eigenvalue weighted by Gasteiger charge is -2.15. The first-order valence-electron chi connectivity index (χ1n) is 10.4. The van der Waals surface area contributed by atoms with Crippen LogP contribution in [0.4, 0.5) is 0 Å². The van der Waals surface area contributed by atoms with E-state index in [4.69, 9.17) is 14.7 Å². The predicted octanol–water partition coefficient (Wildman–Crippen LogP) is 6.48. The van der Waals surface area contributed by atoms with E-state index >= 15 is 0 Å². The van der Waals surface area contributed by atoms with Crippen molar-refractivity contribution in [1.82, 2.24) is 0 Å². The van der Waals surface area contributed by atoms with Crippen molar-refractivity contribution in [2.75, 3.05) is 6.61 Å². The van der Waals surface area contributed by atoms with Gasteiger partial charge in [-0.25, -0.2) is 13.7 Å². The van der Waals surface area contributed by atoms with Crippen molar-refractivity contribution >= 4 is 23.5 Å². The molecular weight excluding hydrogens is 493 g/mol. The third-order valence-electron chi connectivity index (χ3n) is 4.24. The molecule has 0 rings (SSSR count). The van der Waals surface area contributed by atoms with E-state index in [1.54, 1.807) is 6.92 Å². The predicted molar refractivity (Wildman–Crippen MR) is 128 cm³/mol. The Morgan fingerprint density at radius 2 is 1.06 bits per heavy atom. The zero-order valence-corrected chi connectivity index (χ0v) is 22.5. The summed E-state index contributed by atoms with van der Waals surface area (Å²) in [4.78, 5) is 35.5. The van der Waals surface area contributed by atoms with E-state index in [2.05, 4.69) is 59.1 Å². The minimum absolute atomic E-state index is 0.408. The van der Waals surface area contributed by atoms with Crippen LogP contribution in [0.1, 0.15) is 73.1 Å². The second kappa shape index (κ2) is 15.4. The van der Waals surface area contributed by atoms with Gasteiger partial charge in [-0.2, -0.15) is 8.62 Å². The van der Waals surface area contributed by atoms with E-state index in [0.717, 1.165) is 37.7 Å². The molecule has 4 N–H and O–H groups in total. The summed E-state index contributed by atoms with van der Waals surface area (Å²) in [6.45, 7) is 9.80. The quantitative estimate of drug-likeness (QED) is 0.128. The monoisotopic (exact) mass is 530 g/mol. The fourth-order valence-electron chi connectivity index (χ4n) is 2.56. The Balaban J connectivity index is 4.38. The molecule has 0 radical (unpaired) electrons. The first-order valence-corrected chi connectivity index (χ1v) is 14.9. The molecule has 13 heteroatoms. The van der Waals surface area contributed by atoms with Crippen LogP contribution < -0.4 is 0 Å². The summed E-state index contributed by atoms with van der Waals surface area (Å²) in [7, 11) is -16.0. The molecular formula is C20H37O10P3. The van der Waals surface area contributed by atoms with Crippen molar-refractivity contribution in [1.29, 1.82) is 0 Å². The van der Waals surface area contributed by atoms with Crippen LogP contribution in [0.3, 0.4) is 0 Å². The number of phosphoric acid groups is 3. The largest absolute Gasteiger partial charge is 0.490 e. The summed E-state index contributed by atoms with van der Waals surface area (Å²) in [5.74, 6) is 0. The average Bonchev–Trinajstić information content (AvgIpc) is 2.57.